The molecule has 9 heteroatoms. The fourth-order valence-corrected chi connectivity index (χ4v) is 3.16. The number of likely N-dealkylation sites (N-methyl/N-ethyl adjacent to an activating group) is 1. The summed E-state index contributed by atoms with van der Waals surface area (Å²) in [5.74, 6) is -0.0111. The molecule has 8 nitrogen and oxygen atoms in total. The van der Waals surface area contributed by atoms with Gasteiger partial charge in [-0.2, -0.15) is 5.10 Å². The van der Waals surface area contributed by atoms with Crippen molar-refractivity contribution in [3.63, 3.8) is 0 Å². The van der Waals surface area contributed by atoms with E-state index >= 15 is 0 Å². The van der Waals surface area contributed by atoms with Gasteiger partial charge in [0, 0.05) is 31.7 Å². The highest BCUT2D eigenvalue weighted by atomic mass is 32.2. The molecule has 2 heterocycles. The predicted molar refractivity (Wildman–Crippen MR) is 87.3 cm³/mol. The minimum absolute atomic E-state index is 0.0111. The Kier molecular flexibility index (Phi) is 5.43. The van der Waals surface area contributed by atoms with Crippen molar-refractivity contribution in [3.8, 4) is 0 Å². The fraction of sp³-hybridized carbons (Fsp3) is 0.714. The first kappa shape index (κ1) is 17.9. The molecule has 0 radical (unpaired) electrons. The monoisotopic (exact) mass is 343 g/mol. The van der Waals surface area contributed by atoms with Crippen LogP contribution in [0, 0.1) is 0 Å². The molecule has 0 aliphatic carbocycles. The Hall–Kier alpha value is -1.45. The summed E-state index contributed by atoms with van der Waals surface area (Å²) >= 11 is 0. The molecule has 1 aromatic heterocycles. The van der Waals surface area contributed by atoms with Crippen molar-refractivity contribution in [1.82, 2.24) is 24.7 Å². The van der Waals surface area contributed by atoms with Gasteiger partial charge in [-0.05, 0) is 20.3 Å². The van der Waals surface area contributed by atoms with E-state index in [9.17, 15) is 13.2 Å². The summed E-state index contributed by atoms with van der Waals surface area (Å²) in [6.45, 7) is 6.05. The predicted octanol–water partition coefficient (Wildman–Crippen LogP) is -0.383. The van der Waals surface area contributed by atoms with E-state index in [1.54, 1.807) is 7.05 Å². The molecule has 1 amide bonds. The van der Waals surface area contributed by atoms with Gasteiger partial charge in [-0.3, -0.25) is 14.4 Å². The Morgan fingerprint density at radius 1 is 1.39 bits per heavy atom. The van der Waals surface area contributed by atoms with Crippen molar-refractivity contribution in [1.29, 1.82) is 0 Å². The average Bonchev–Trinajstić information content (AvgIpc) is 2.82. The van der Waals surface area contributed by atoms with E-state index in [4.69, 9.17) is 0 Å². The molecule has 1 aliphatic rings. The summed E-state index contributed by atoms with van der Waals surface area (Å²) in [7, 11) is -1.62. The number of carbonyl (C=O) groups is 1. The molecular weight excluding hydrogens is 318 g/mol. The normalized spacial score (nSPS) is 15.7. The van der Waals surface area contributed by atoms with Crippen LogP contribution in [-0.2, 0) is 34.3 Å². The number of nitrogens with zero attached hydrogens (tertiary/aromatic N) is 3. The van der Waals surface area contributed by atoms with E-state index in [-0.39, 0.29) is 18.5 Å². The second kappa shape index (κ2) is 6.98. The molecule has 0 aromatic carbocycles. The van der Waals surface area contributed by atoms with Gasteiger partial charge in [0.2, 0.25) is 15.9 Å². The van der Waals surface area contributed by atoms with Gasteiger partial charge in [-0.25, -0.2) is 13.1 Å². The van der Waals surface area contributed by atoms with Crippen LogP contribution in [0.1, 0.15) is 36.8 Å². The van der Waals surface area contributed by atoms with E-state index in [2.05, 4.69) is 20.0 Å². The first-order valence-electron chi connectivity index (χ1n) is 7.68. The van der Waals surface area contributed by atoms with Crippen molar-refractivity contribution >= 4 is 15.9 Å². The summed E-state index contributed by atoms with van der Waals surface area (Å²) in [4.78, 5) is 13.7. The zero-order chi connectivity index (χ0) is 17.2. The lowest BCUT2D eigenvalue weighted by Gasteiger charge is -2.27. The summed E-state index contributed by atoms with van der Waals surface area (Å²) in [5.41, 5.74) is 2.95. The zero-order valence-electron chi connectivity index (χ0n) is 14.1. The summed E-state index contributed by atoms with van der Waals surface area (Å²) in [6, 6.07) is 0.177. The van der Waals surface area contributed by atoms with Gasteiger partial charge in [0.05, 0.1) is 30.7 Å². The van der Waals surface area contributed by atoms with Gasteiger partial charge in [-0.15, -0.1) is 0 Å². The second-order valence-corrected chi connectivity index (χ2v) is 7.97. The molecule has 1 aliphatic heterocycles. The Bertz CT molecular complexity index is 681. The van der Waals surface area contributed by atoms with Crippen molar-refractivity contribution in [2.24, 2.45) is 0 Å². The molecule has 1 aromatic rings. The molecular formula is C14H25N5O3S. The Labute approximate surface area is 137 Å². The smallest absolute Gasteiger partial charge is 0.233 e. The highest BCUT2D eigenvalue weighted by Gasteiger charge is 2.26. The average molecular weight is 343 g/mol. The third-order valence-corrected chi connectivity index (χ3v) is 4.56. The lowest BCUT2D eigenvalue weighted by Crippen LogP contribution is -2.39. The van der Waals surface area contributed by atoms with E-state index in [1.165, 1.54) is 0 Å². The first-order valence-corrected chi connectivity index (χ1v) is 9.57. The first-order chi connectivity index (χ1) is 10.7. The molecule has 0 atom stereocenters. The minimum atomic E-state index is -3.25. The molecule has 0 saturated heterocycles. The van der Waals surface area contributed by atoms with Crippen molar-refractivity contribution in [2.45, 2.75) is 39.4 Å². The number of hydrogen-bond donors (Lipinski definition) is 2. The SMILES string of the molecule is CNC(=O)CN1CCc2c(CNS(C)(=O)=O)nn(C(C)C)c2C1. The maximum absolute atomic E-state index is 11.6. The molecule has 0 fully saturated rings. The largest absolute Gasteiger partial charge is 0.358 e. The number of hydrogen-bond acceptors (Lipinski definition) is 5. The molecule has 0 bridgehead atoms. The van der Waals surface area contributed by atoms with Gasteiger partial charge >= 0.3 is 0 Å². The number of sulfonamides is 1. The maximum Gasteiger partial charge on any atom is 0.233 e. The van der Waals surface area contributed by atoms with E-state index in [0.29, 0.717) is 13.1 Å². The minimum Gasteiger partial charge on any atom is -0.358 e. The lowest BCUT2D eigenvalue weighted by atomic mass is 10.0. The Morgan fingerprint density at radius 3 is 2.65 bits per heavy atom. The van der Waals surface area contributed by atoms with Gasteiger partial charge in [0.1, 0.15) is 0 Å². The van der Waals surface area contributed by atoms with Gasteiger partial charge in [0.15, 0.2) is 0 Å². The molecule has 130 valence electrons. The third kappa shape index (κ3) is 4.52. The van der Waals surface area contributed by atoms with Crippen LogP contribution in [0.15, 0.2) is 0 Å². The number of fused-ring (bicyclic) bond motifs is 1. The molecule has 23 heavy (non-hydrogen) atoms. The quantitative estimate of drug-likeness (QED) is 0.734. The number of rotatable bonds is 6. The molecule has 0 unspecified atom stereocenters. The number of aromatic nitrogens is 2. The number of carbonyl (C=O) groups excluding carboxylic acids is 1. The highest BCUT2D eigenvalue weighted by molar-refractivity contribution is 7.88. The van der Waals surface area contributed by atoms with Crippen LogP contribution in [-0.4, -0.2) is 55.4 Å². The van der Waals surface area contributed by atoms with E-state index in [0.717, 1.165) is 36.2 Å². The Morgan fingerprint density at radius 2 is 2.09 bits per heavy atom. The van der Waals surface area contributed by atoms with Crippen molar-refractivity contribution < 1.29 is 13.2 Å². The van der Waals surface area contributed by atoms with Crippen LogP contribution in [0.4, 0.5) is 0 Å². The van der Waals surface area contributed by atoms with Crippen molar-refractivity contribution in [2.75, 3.05) is 26.4 Å². The van der Waals surface area contributed by atoms with Crippen LogP contribution in [0.2, 0.25) is 0 Å². The molecule has 2 rings (SSSR count). The van der Waals surface area contributed by atoms with E-state index < -0.39 is 10.0 Å². The van der Waals surface area contributed by atoms with Gasteiger partial charge in [-0.1, -0.05) is 0 Å². The fourth-order valence-electron chi connectivity index (χ4n) is 2.76. The van der Waals surface area contributed by atoms with Crippen LogP contribution in [0.3, 0.4) is 0 Å². The molecule has 2 N–H and O–H groups in total. The highest BCUT2D eigenvalue weighted by Crippen LogP contribution is 2.25. The summed E-state index contributed by atoms with van der Waals surface area (Å²) < 4.78 is 27.1. The lowest BCUT2D eigenvalue weighted by molar-refractivity contribution is -0.122. The van der Waals surface area contributed by atoms with Crippen LogP contribution in [0.5, 0.6) is 0 Å². The standard InChI is InChI=1S/C14H25N5O3S/c1-10(2)19-13-8-18(9-14(20)15-3)6-5-11(13)12(17-19)7-16-23(4,21)22/h10,16H,5-9H2,1-4H3,(H,15,20). The summed E-state index contributed by atoms with van der Waals surface area (Å²) in [6.07, 6.45) is 1.91. The molecule has 0 spiro atoms. The zero-order valence-corrected chi connectivity index (χ0v) is 14.9. The van der Waals surface area contributed by atoms with Crippen molar-refractivity contribution in [3.05, 3.63) is 17.0 Å². The topological polar surface area (TPSA) is 96.3 Å². The number of amides is 1. The van der Waals surface area contributed by atoms with Gasteiger partial charge < -0.3 is 5.32 Å². The molecule has 0 saturated carbocycles. The number of nitrogens with one attached hydrogen (secondary N) is 2. The van der Waals surface area contributed by atoms with Crippen LogP contribution >= 0.6 is 0 Å². The van der Waals surface area contributed by atoms with E-state index in [1.807, 2.05) is 18.5 Å². The maximum atomic E-state index is 11.6. The Balaban J connectivity index is 2.24. The summed E-state index contributed by atoms with van der Waals surface area (Å²) in [5, 5.41) is 7.23. The second-order valence-electron chi connectivity index (χ2n) is 6.14. The third-order valence-electron chi connectivity index (χ3n) is 3.89. The van der Waals surface area contributed by atoms with Crippen LogP contribution < -0.4 is 10.0 Å². The van der Waals surface area contributed by atoms with Crippen LogP contribution in [0.25, 0.3) is 0 Å². The van der Waals surface area contributed by atoms with Gasteiger partial charge in [0.25, 0.3) is 0 Å².